The highest BCUT2D eigenvalue weighted by molar-refractivity contribution is 6.17. The Morgan fingerprint density at radius 1 is 1.29 bits per heavy atom. The lowest BCUT2D eigenvalue weighted by Gasteiger charge is -2.24. The minimum atomic E-state index is -1.06. The van der Waals surface area contributed by atoms with E-state index in [1.807, 2.05) is 12.1 Å². The van der Waals surface area contributed by atoms with Gasteiger partial charge in [-0.3, -0.25) is 14.4 Å². The molecule has 1 aromatic carbocycles. The average molecular weight is 403 g/mol. The van der Waals surface area contributed by atoms with E-state index in [1.54, 1.807) is 18.2 Å². The minimum absolute atomic E-state index is 0.0346. The van der Waals surface area contributed by atoms with Crippen LogP contribution in [0.4, 0.5) is 5.82 Å². The number of carboxylic acids is 1. The third-order valence-electron chi connectivity index (χ3n) is 4.63. The maximum absolute atomic E-state index is 12.7. The molecule has 0 spiro atoms. The summed E-state index contributed by atoms with van der Waals surface area (Å²) in [6.45, 7) is 0.167. The summed E-state index contributed by atoms with van der Waals surface area (Å²) in [4.78, 5) is 41.0. The second-order valence-electron chi connectivity index (χ2n) is 6.57. The summed E-state index contributed by atoms with van der Waals surface area (Å²) >= 11 is 5.89. The van der Waals surface area contributed by atoms with Gasteiger partial charge in [0, 0.05) is 30.0 Å². The van der Waals surface area contributed by atoms with E-state index in [2.05, 4.69) is 4.98 Å². The van der Waals surface area contributed by atoms with Crippen LogP contribution in [0.5, 0.6) is 0 Å². The molecule has 2 aromatic rings. The lowest BCUT2D eigenvalue weighted by Crippen LogP contribution is -2.45. The number of hydrogen-bond acceptors (Lipinski definition) is 5. The molecule has 0 saturated heterocycles. The van der Waals surface area contributed by atoms with Gasteiger partial charge in [-0.25, -0.2) is 4.98 Å². The van der Waals surface area contributed by atoms with Gasteiger partial charge in [0.2, 0.25) is 5.91 Å². The number of amides is 2. The highest BCUT2D eigenvalue weighted by atomic mass is 35.5. The number of carboxylic acid groups (broad SMARTS) is 1. The number of aliphatic carboxylic acids is 1. The number of nitrogen functional groups attached to an aromatic ring is 1. The number of anilines is 1. The van der Waals surface area contributed by atoms with E-state index in [4.69, 9.17) is 28.2 Å². The van der Waals surface area contributed by atoms with Gasteiger partial charge < -0.3 is 21.5 Å². The number of benzene rings is 1. The van der Waals surface area contributed by atoms with E-state index in [9.17, 15) is 14.4 Å². The summed E-state index contributed by atoms with van der Waals surface area (Å²) < 4.78 is 0. The van der Waals surface area contributed by atoms with Crippen molar-refractivity contribution in [2.24, 2.45) is 5.73 Å². The number of hydrogen-bond donors (Lipinski definition) is 3. The Bertz CT molecular complexity index is 963. The van der Waals surface area contributed by atoms with Crippen LogP contribution in [-0.2, 0) is 22.0 Å². The molecule has 0 fully saturated rings. The zero-order valence-corrected chi connectivity index (χ0v) is 15.6. The zero-order valence-electron chi connectivity index (χ0n) is 14.9. The van der Waals surface area contributed by atoms with E-state index in [1.165, 1.54) is 4.90 Å². The van der Waals surface area contributed by atoms with E-state index in [-0.39, 0.29) is 25.3 Å². The summed E-state index contributed by atoms with van der Waals surface area (Å²) in [5.74, 6) is -1.50. The Hall–Kier alpha value is -3.13. The monoisotopic (exact) mass is 402 g/mol. The first-order chi connectivity index (χ1) is 13.3. The van der Waals surface area contributed by atoms with Crippen molar-refractivity contribution in [2.75, 3.05) is 5.73 Å². The maximum atomic E-state index is 12.7. The molecule has 0 bridgehead atoms. The third kappa shape index (κ3) is 3.91. The van der Waals surface area contributed by atoms with Gasteiger partial charge in [-0.1, -0.05) is 6.07 Å². The highest BCUT2D eigenvalue weighted by Gasteiger charge is 2.35. The van der Waals surface area contributed by atoms with Crippen molar-refractivity contribution in [1.82, 2.24) is 9.88 Å². The summed E-state index contributed by atoms with van der Waals surface area (Å²) in [5.41, 5.74) is 14.6. The predicted octanol–water partition coefficient (Wildman–Crippen LogP) is 1.74. The normalized spacial score (nSPS) is 14.0. The molecule has 1 atom stereocenters. The Balaban J connectivity index is 1.90. The van der Waals surface area contributed by atoms with E-state index in [0.717, 1.165) is 11.1 Å². The fourth-order valence-corrected chi connectivity index (χ4v) is 3.46. The maximum Gasteiger partial charge on any atom is 0.303 e. The Kier molecular flexibility index (Phi) is 5.51. The number of nitrogens with two attached hydrogens (primary N) is 2. The standard InChI is InChI=1S/C19H19ClN4O4/c20-8-10-5-14(23-16(21)6-10)11-1-2-13-12(7-11)9-24(19(13)28)15(18(22)27)3-4-17(25)26/h1-2,5-7,15H,3-4,8-9H2,(H2,21,23)(H2,22,27)(H,25,26). The van der Waals surface area contributed by atoms with E-state index in [0.29, 0.717) is 28.5 Å². The molecule has 3 rings (SSSR count). The van der Waals surface area contributed by atoms with Gasteiger partial charge in [0.05, 0.1) is 5.69 Å². The lowest BCUT2D eigenvalue weighted by atomic mass is 10.0. The molecule has 8 nitrogen and oxygen atoms in total. The zero-order chi connectivity index (χ0) is 20.4. The number of pyridine rings is 1. The number of nitrogens with zero attached hydrogens (tertiary/aromatic N) is 2. The molecule has 2 heterocycles. The molecule has 1 aliphatic heterocycles. The summed E-state index contributed by atoms with van der Waals surface area (Å²) in [6, 6.07) is 7.74. The Morgan fingerprint density at radius 3 is 2.68 bits per heavy atom. The van der Waals surface area contributed by atoms with Gasteiger partial charge in [-0.2, -0.15) is 0 Å². The minimum Gasteiger partial charge on any atom is -0.481 e. The van der Waals surface area contributed by atoms with Gasteiger partial charge in [0.1, 0.15) is 11.9 Å². The van der Waals surface area contributed by atoms with Crippen molar-refractivity contribution in [1.29, 1.82) is 0 Å². The molecule has 2 amide bonds. The van der Waals surface area contributed by atoms with Crippen molar-refractivity contribution in [2.45, 2.75) is 31.3 Å². The molecule has 1 unspecified atom stereocenters. The van der Waals surface area contributed by atoms with Gasteiger partial charge in [-0.15, -0.1) is 11.6 Å². The number of primary amides is 1. The first-order valence-electron chi connectivity index (χ1n) is 8.58. The van der Waals surface area contributed by atoms with Gasteiger partial charge in [0.25, 0.3) is 5.91 Å². The molecule has 5 N–H and O–H groups in total. The second-order valence-corrected chi connectivity index (χ2v) is 6.84. The summed E-state index contributed by atoms with van der Waals surface area (Å²) in [5, 5.41) is 8.87. The number of carbonyl (C=O) groups excluding carboxylic acids is 2. The average Bonchev–Trinajstić information content (AvgIpc) is 2.96. The first kappa shape index (κ1) is 19.6. The molecule has 0 saturated carbocycles. The van der Waals surface area contributed by atoms with Gasteiger partial charge >= 0.3 is 5.97 Å². The van der Waals surface area contributed by atoms with Crippen LogP contribution in [0.1, 0.15) is 34.3 Å². The second kappa shape index (κ2) is 7.85. The van der Waals surface area contributed by atoms with Crippen LogP contribution in [-0.4, -0.2) is 38.8 Å². The third-order valence-corrected chi connectivity index (χ3v) is 4.94. The van der Waals surface area contributed by atoms with Crippen molar-refractivity contribution >= 4 is 35.2 Å². The fourth-order valence-electron chi connectivity index (χ4n) is 3.30. The van der Waals surface area contributed by atoms with E-state index >= 15 is 0 Å². The van der Waals surface area contributed by atoms with Crippen LogP contribution in [0.3, 0.4) is 0 Å². The number of rotatable bonds is 7. The smallest absolute Gasteiger partial charge is 0.303 e. The predicted molar refractivity (Wildman–Crippen MR) is 103 cm³/mol. The number of aromatic nitrogens is 1. The van der Waals surface area contributed by atoms with Crippen LogP contribution in [0.2, 0.25) is 0 Å². The summed E-state index contributed by atoms with van der Waals surface area (Å²) in [6.07, 6.45) is -0.291. The first-order valence-corrected chi connectivity index (χ1v) is 9.11. The molecule has 1 aromatic heterocycles. The fraction of sp³-hybridized carbons (Fsp3) is 0.263. The number of alkyl halides is 1. The van der Waals surface area contributed by atoms with Crippen LogP contribution >= 0.6 is 11.6 Å². The molecular formula is C19H19ClN4O4. The van der Waals surface area contributed by atoms with Gasteiger partial charge in [-0.05, 0) is 41.8 Å². The van der Waals surface area contributed by atoms with Gasteiger partial charge in [0.15, 0.2) is 0 Å². The summed E-state index contributed by atoms with van der Waals surface area (Å²) in [7, 11) is 0. The van der Waals surface area contributed by atoms with Crippen molar-refractivity contribution in [3.8, 4) is 11.3 Å². The van der Waals surface area contributed by atoms with E-state index < -0.39 is 17.9 Å². The molecular weight excluding hydrogens is 384 g/mol. The molecule has 1 aliphatic rings. The van der Waals surface area contributed by atoms with Crippen LogP contribution in [0.25, 0.3) is 11.3 Å². The molecule has 28 heavy (non-hydrogen) atoms. The topological polar surface area (TPSA) is 140 Å². The van der Waals surface area contributed by atoms with Crippen molar-refractivity contribution < 1.29 is 19.5 Å². The molecule has 0 aliphatic carbocycles. The molecule has 0 radical (unpaired) electrons. The SMILES string of the molecule is NC(=O)C(CCC(=O)O)N1Cc2cc(-c3cc(CCl)cc(N)n3)ccc2C1=O. The van der Waals surface area contributed by atoms with Crippen LogP contribution in [0.15, 0.2) is 30.3 Å². The quantitative estimate of drug-likeness (QED) is 0.602. The lowest BCUT2D eigenvalue weighted by molar-refractivity contribution is -0.137. The van der Waals surface area contributed by atoms with Crippen molar-refractivity contribution in [3.63, 3.8) is 0 Å². The Morgan fingerprint density at radius 2 is 2.04 bits per heavy atom. The van der Waals surface area contributed by atoms with Crippen LogP contribution < -0.4 is 11.5 Å². The molecule has 9 heteroatoms. The van der Waals surface area contributed by atoms with Crippen molar-refractivity contribution in [3.05, 3.63) is 47.0 Å². The number of fused-ring (bicyclic) bond motifs is 1. The molecule has 146 valence electrons. The van der Waals surface area contributed by atoms with Crippen LogP contribution in [0, 0.1) is 0 Å². The highest BCUT2D eigenvalue weighted by Crippen LogP contribution is 2.30. The number of halogens is 1. The largest absolute Gasteiger partial charge is 0.481 e. The Labute approximate surface area is 166 Å². The number of carbonyl (C=O) groups is 3.